The lowest BCUT2D eigenvalue weighted by Gasteiger charge is -2.40. The quantitative estimate of drug-likeness (QED) is 0.666. The first-order valence-electron chi connectivity index (χ1n) is 12.2. The Morgan fingerprint density at radius 1 is 1.19 bits per heavy atom. The molecule has 5 heteroatoms. The molecule has 5 rings (SSSR count). The molecule has 1 N–H and O–H groups in total. The van der Waals surface area contributed by atoms with Crippen LogP contribution in [0.15, 0.2) is 29.3 Å². The maximum Gasteiger partial charge on any atom is 0.125 e. The van der Waals surface area contributed by atoms with E-state index in [-0.39, 0.29) is 5.82 Å². The topological polar surface area (TPSA) is 33.1 Å². The van der Waals surface area contributed by atoms with E-state index in [1.807, 2.05) is 6.07 Å². The summed E-state index contributed by atoms with van der Waals surface area (Å²) in [6.45, 7) is 12.6. The van der Waals surface area contributed by atoms with Crippen molar-refractivity contribution in [3.63, 3.8) is 0 Å². The second-order valence-corrected chi connectivity index (χ2v) is 10.7. The van der Waals surface area contributed by atoms with Gasteiger partial charge in [0.2, 0.25) is 0 Å². The van der Waals surface area contributed by atoms with Crippen molar-refractivity contribution in [1.82, 2.24) is 19.8 Å². The number of piperidine rings is 1. The molecule has 2 aromatic rings. The molecule has 0 bridgehead atoms. The number of fused-ring (bicyclic) bond motifs is 1. The van der Waals surface area contributed by atoms with Gasteiger partial charge in [0.25, 0.3) is 0 Å². The minimum Gasteiger partial charge on any atom is -0.324 e. The molecule has 2 aliphatic heterocycles. The van der Waals surface area contributed by atoms with Gasteiger partial charge in [-0.2, -0.15) is 0 Å². The molecule has 168 valence electrons. The second kappa shape index (κ2) is 8.32. The van der Waals surface area contributed by atoms with Crippen molar-refractivity contribution >= 4 is 11.0 Å². The van der Waals surface area contributed by atoms with E-state index >= 15 is 0 Å². The molecule has 1 aliphatic carbocycles. The van der Waals surface area contributed by atoms with E-state index in [2.05, 4.69) is 35.6 Å². The Morgan fingerprint density at radius 3 is 2.71 bits per heavy atom. The Kier molecular flexibility index (Phi) is 5.68. The number of hydrogen-bond donors (Lipinski definition) is 1. The first-order chi connectivity index (χ1) is 14.9. The van der Waals surface area contributed by atoms with Crippen molar-refractivity contribution in [3.05, 3.63) is 41.0 Å². The SMILES string of the molecule is CC1=C(CN2CCC(n3c([C@@H]4CCNC4)nc4cc(F)ccc43)CC2)C(C)(C)CCC1. The van der Waals surface area contributed by atoms with Crippen LogP contribution in [0.2, 0.25) is 0 Å². The summed E-state index contributed by atoms with van der Waals surface area (Å²) in [5.74, 6) is 1.40. The van der Waals surface area contributed by atoms with Crippen molar-refractivity contribution in [2.24, 2.45) is 5.41 Å². The number of likely N-dealkylation sites (tertiary alicyclic amines) is 1. The highest BCUT2D eigenvalue weighted by molar-refractivity contribution is 5.76. The average Bonchev–Trinajstić information content (AvgIpc) is 3.38. The number of hydrogen-bond acceptors (Lipinski definition) is 3. The lowest BCUT2D eigenvalue weighted by atomic mass is 9.72. The van der Waals surface area contributed by atoms with Crippen molar-refractivity contribution < 1.29 is 4.39 Å². The zero-order valence-corrected chi connectivity index (χ0v) is 19.4. The number of rotatable bonds is 4. The zero-order chi connectivity index (χ0) is 21.6. The molecule has 0 unspecified atom stereocenters. The van der Waals surface area contributed by atoms with E-state index in [1.54, 1.807) is 23.3 Å². The third kappa shape index (κ3) is 4.07. The highest BCUT2D eigenvalue weighted by Crippen LogP contribution is 2.41. The Bertz CT molecular complexity index is 975. The summed E-state index contributed by atoms with van der Waals surface area (Å²) in [6.07, 6.45) is 7.31. The van der Waals surface area contributed by atoms with Crippen molar-refractivity contribution in [2.75, 3.05) is 32.7 Å². The van der Waals surface area contributed by atoms with Gasteiger partial charge >= 0.3 is 0 Å². The molecular weight excluding hydrogens is 387 g/mol. The molecule has 0 radical (unpaired) electrons. The van der Waals surface area contributed by atoms with Crippen LogP contribution < -0.4 is 5.32 Å². The van der Waals surface area contributed by atoms with Crippen LogP contribution in [0, 0.1) is 11.2 Å². The molecular formula is C26H37FN4. The molecule has 2 fully saturated rings. The number of nitrogens with zero attached hydrogens (tertiary/aromatic N) is 3. The van der Waals surface area contributed by atoms with Crippen molar-refractivity contribution in [2.45, 2.75) is 71.3 Å². The molecule has 1 aromatic carbocycles. The van der Waals surface area contributed by atoms with Crippen molar-refractivity contribution in [1.29, 1.82) is 0 Å². The van der Waals surface area contributed by atoms with Crippen LogP contribution >= 0.6 is 0 Å². The van der Waals surface area contributed by atoms with Gasteiger partial charge in [-0.15, -0.1) is 0 Å². The summed E-state index contributed by atoms with van der Waals surface area (Å²) < 4.78 is 16.4. The van der Waals surface area contributed by atoms with Crippen LogP contribution in [0.1, 0.15) is 77.1 Å². The summed E-state index contributed by atoms with van der Waals surface area (Å²) >= 11 is 0. The smallest absolute Gasteiger partial charge is 0.125 e. The summed E-state index contributed by atoms with van der Waals surface area (Å²) in [7, 11) is 0. The van der Waals surface area contributed by atoms with E-state index in [1.165, 1.54) is 19.3 Å². The molecule has 0 spiro atoms. The third-order valence-electron chi connectivity index (χ3n) is 8.09. The van der Waals surface area contributed by atoms with Crippen LogP contribution in [0.25, 0.3) is 11.0 Å². The van der Waals surface area contributed by atoms with Crippen LogP contribution in [0.4, 0.5) is 4.39 Å². The first-order valence-corrected chi connectivity index (χ1v) is 12.2. The minimum atomic E-state index is -0.193. The highest BCUT2D eigenvalue weighted by Gasteiger charge is 2.32. The zero-order valence-electron chi connectivity index (χ0n) is 19.4. The fourth-order valence-corrected chi connectivity index (χ4v) is 6.22. The molecule has 2 saturated heterocycles. The molecule has 31 heavy (non-hydrogen) atoms. The lowest BCUT2D eigenvalue weighted by molar-refractivity contribution is 0.184. The fraction of sp³-hybridized carbons (Fsp3) is 0.654. The number of allylic oxidation sites excluding steroid dienone is 1. The Labute approximate surface area is 185 Å². The second-order valence-electron chi connectivity index (χ2n) is 10.7. The summed E-state index contributed by atoms with van der Waals surface area (Å²) in [6, 6.07) is 5.59. The standard InChI is InChI=1S/C26H37FN4/c1-18-5-4-11-26(2,3)22(18)17-30-13-9-21(10-14-30)31-24-7-6-20(27)15-23(24)29-25(31)19-8-12-28-16-19/h6-7,15,19,21,28H,4-5,8-14,16-17H2,1-3H3/t19-/m1/s1. The van der Waals surface area contributed by atoms with Gasteiger partial charge in [-0.1, -0.05) is 25.0 Å². The molecule has 1 aromatic heterocycles. The largest absolute Gasteiger partial charge is 0.324 e. The van der Waals surface area contributed by atoms with Crippen LogP contribution in [0.3, 0.4) is 0 Å². The van der Waals surface area contributed by atoms with E-state index in [0.29, 0.717) is 17.4 Å². The third-order valence-corrected chi connectivity index (χ3v) is 8.09. The Balaban J connectivity index is 1.36. The number of nitrogens with one attached hydrogen (secondary N) is 1. The predicted octanol–water partition coefficient (Wildman–Crippen LogP) is 5.42. The van der Waals surface area contributed by atoms with Gasteiger partial charge in [-0.3, -0.25) is 4.90 Å². The number of benzene rings is 1. The van der Waals surface area contributed by atoms with Gasteiger partial charge in [0.1, 0.15) is 11.6 Å². The van der Waals surface area contributed by atoms with E-state index < -0.39 is 0 Å². The normalized spacial score (nSPS) is 25.6. The average molecular weight is 425 g/mol. The molecule has 0 saturated carbocycles. The van der Waals surface area contributed by atoms with Gasteiger partial charge in [0.05, 0.1) is 11.0 Å². The molecule has 0 amide bonds. The predicted molar refractivity (Wildman–Crippen MR) is 125 cm³/mol. The van der Waals surface area contributed by atoms with E-state index in [9.17, 15) is 4.39 Å². The summed E-state index contributed by atoms with van der Waals surface area (Å²) in [5.41, 5.74) is 5.56. The van der Waals surface area contributed by atoms with Crippen molar-refractivity contribution in [3.8, 4) is 0 Å². The maximum absolute atomic E-state index is 13.9. The lowest BCUT2D eigenvalue weighted by Crippen LogP contribution is -2.39. The van der Waals surface area contributed by atoms with Crippen LogP contribution in [0.5, 0.6) is 0 Å². The van der Waals surface area contributed by atoms with Gasteiger partial charge in [0.15, 0.2) is 0 Å². The summed E-state index contributed by atoms with van der Waals surface area (Å²) in [5, 5.41) is 3.48. The monoisotopic (exact) mass is 424 g/mol. The Hall–Kier alpha value is -1.72. The Morgan fingerprint density at radius 2 is 2.00 bits per heavy atom. The summed E-state index contributed by atoms with van der Waals surface area (Å²) in [4.78, 5) is 7.60. The van der Waals surface area contributed by atoms with Crippen LogP contribution in [-0.2, 0) is 0 Å². The number of imidazole rings is 1. The molecule has 4 nitrogen and oxygen atoms in total. The maximum atomic E-state index is 13.9. The van der Waals surface area contributed by atoms with E-state index in [4.69, 9.17) is 4.98 Å². The number of halogens is 1. The van der Waals surface area contributed by atoms with E-state index in [0.717, 1.165) is 68.8 Å². The van der Waals surface area contributed by atoms with Gasteiger partial charge in [-0.25, -0.2) is 9.37 Å². The highest BCUT2D eigenvalue weighted by atomic mass is 19.1. The number of aromatic nitrogens is 2. The molecule has 3 aliphatic rings. The van der Waals surface area contributed by atoms with Gasteiger partial charge in [0, 0.05) is 44.2 Å². The first kappa shape index (κ1) is 21.1. The van der Waals surface area contributed by atoms with Gasteiger partial charge in [-0.05, 0) is 69.5 Å². The molecule has 3 heterocycles. The van der Waals surface area contributed by atoms with Crippen LogP contribution in [-0.4, -0.2) is 47.2 Å². The molecule has 1 atom stereocenters. The minimum absolute atomic E-state index is 0.193. The fourth-order valence-electron chi connectivity index (χ4n) is 6.22. The van der Waals surface area contributed by atoms with Gasteiger partial charge < -0.3 is 9.88 Å².